The smallest absolute Gasteiger partial charge is 0.238 e. The van der Waals surface area contributed by atoms with Crippen LogP contribution in [0.3, 0.4) is 0 Å². The first-order chi connectivity index (χ1) is 8.29. The van der Waals surface area contributed by atoms with Crippen LogP contribution in [0.2, 0.25) is 0 Å². The van der Waals surface area contributed by atoms with Crippen molar-refractivity contribution in [3.63, 3.8) is 0 Å². The Hall–Kier alpha value is -1.07. The van der Waals surface area contributed by atoms with Gasteiger partial charge in [0.1, 0.15) is 5.75 Å². The van der Waals surface area contributed by atoms with Gasteiger partial charge in [-0.05, 0) is 49.9 Å². The zero-order chi connectivity index (χ0) is 13.9. The fraction of sp³-hybridized carbons (Fsp3) is 0.538. The maximum atomic E-state index is 11.5. The summed E-state index contributed by atoms with van der Waals surface area (Å²) in [6.45, 7) is 7.58. The van der Waals surface area contributed by atoms with Crippen molar-refractivity contribution in [1.29, 1.82) is 0 Å². The number of rotatable bonds is 5. The Morgan fingerprint density at radius 2 is 1.61 bits per heavy atom. The first kappa shape index (κ1) is 15.0. The molecule has 2 N–H and O–H groups in total. The first-order valence-electron chi connectivity index (χ1n) is 6.10. The van der Waals surface area contributed by atoms with Crippen molar-refractivity contribution in [3.05, 3.63) is 23.3 Å². The van der Waals surface area contributed by atoms with Crippen LogP contribution in [0.5, 0.6) is 5.75 Å². The molecule has 0 heterocycles. The summed E-state index contributed by atoms with van der Waals surface area (Å²) < 4.78 is 28.7. The standard InChI is InChI=1S/C13H21NO3S/c1-5-11(6-2)17-12-7-9(3)13(10(4)8-12)18(14,15)16/h7-8,11H,5-6H2,1-4H3,(H2,14,15,16). The third-order valence-electron chi connectivity index (χ3n) is 2.93. The highest BCUT2D eigenvalue weighted by atomic mass is 32.2. The van der Waals surface area contributed by atoms with Gasteiger partial charge < -0.3 is 4.74 Å². The van der Waals surface area contributed by atoms with Crippen LogP contribution in [0, 0.1) is 13.8 Å². The van der Waals surface area contributed by atoms with Gasteiger partial charge in [0.05, 0.1) is 11.0 Å². The van der Waals surface area contributed by atoms with E-state index >= 15 is 0 Å². The molecule has 102 valence electrons. The molecule has 0 aliphatic rings. The van der Waals surface area contributed by atoms with Gasteiger partial charge in [0.15, 0.2) is 0 Å². The van der Waals surface area contributed by atoms with Crippen LogP contribution < -0.4 is 9.88 Å². The van der Waals surface area contributed by atoms with Crippen molar-refractivity contribution >= 4 is 10.0 Å². The molecule has 0 aliphatic carbocycles. The third-order valence-corrected chi connectivity index (χ3v) is 4.14. The van der Waals surface area contributed by atoms with E-state index in [9.17, 15) is 8.42 Å². The summed E-state index contributed by atoms with van der Waals surface area (Å²) in [6, 6.07) is 3.45. The van der Waals surface area contributed by atoms with Crippen molar-refractivity contribution in [3.8, 4) is 5.75 Å². The van der Waals surface area contributed by atoms with Crippen molar-refractivity contribution in [2.75, 3.05) is 0 Å². The van der Waals surface area contributed by atoms with Crippen molar-refractivity contribution in [1.82, 2.24) is 0 Å². The number of hydrogen-bond acceptors (Lipinski definition) is 3. The summed E-state index contributed by atoms with van der Waals surface area (Å²) in [7, 11) is -3.68. The number of nitrogens with two attached hydrogens (primary N) is 1. The molecule has 0 fully saturated rings. The molecule has 0 atom stereocenters. The zero-order valence-electron chi connectivity index (χ0n) is 11.4. The largest absolute Gasteiger partial charge is 0.490 e. The normalized spacial score (nSPS) is 11.9. The maximum absolute atomic E-state index is 11.5. The van der Waals surface area contributed by atoms with Crippen LogP contribution in [0.4, 0.5) is 0 Å². The van der Waals surface area contributed by atoms with Gasteiger partial charge in [-0.2, -0.15) is 0 Å². The molecule has 0 saturated heterocycles. The molecule has 0 unspecified atom stereocenters. The lowest BCUT2D eigenvalue weighted by atomic mass is 10.1. The second-order valence-corrected chi connectivity index (χ2v) is 5.99. The molecule has 4 nitrogen and oxygen atoms in total. The Balaban J connectivity index is 3.15. The van der Waals surface area contributed by atoms with Gasteiger partial charge in [-0.1, -0.05) is 13.8 Å². The highest BCUT2D eigenvalue weighted by Crippen LogP contribution is 2.26. The second-order valence-electron chi connectivity index (χ2n) is 4.49. The molecule has 5 heteroatoms. The van der Waals surface area contributed by atoms with Gasteiger partial charge in [-0.3, -0.25) is 0 Å². The fourth-order valence-corrected chi connectivity index (χ4v) is 3.09. The number of primary sulfonamides is 1. The second kappa shape index (κ2) is 5.71. The molecule has 1 aromatic carbocycles. The van der Waals surface area contributed by atoms with E-state index in [2.05, 4.69) is 13.8 Å². The van der Waals surface area contributed by atoms with E-state index in [0.717, 1.165) is 12.8 Å². The van der Waals surface area contributed by atoms with Crippen LogP contribution in [0.15, 0.2) is 17.0 Å². The third kappa shape index (κ3) is 3.46. The number of benzene rings is 1. The molecule has 0 aromatic heterocycles. The molecule has 0 aliphatic heterocycles. The average Bonchev–Trinajstić information content (AvgIpc) is 2.22. The van der Waals surface area contributed by atoms with Gasteiger partial charge in [0.25, 0.3) is 0 Å². The number of aryl methyl sites for hydroxylation is 2. The quantitative estimate of drug-likeness (QED) is 0.894. The minimum atomic E-state index is -3.68. The van der Waals surface area contributed by atoms with Crippen LogP contribution in [-0.4, -0.2) is 14.5 Å². The van der Waals surface area contributed by atoms with E-state index in [1.54, 1.807) is 26.0 Å². The van der Waals surface area contributed by atoms with Crippen molar-refractivity contribution < 1.29 is 13.2 Å². The van der Waals surface area contributed by atoms with E-state index in [1.165, 1.54) is 0 Å². The number of hydrogen-bond donors (Lipinski definition) is 1. The highest BCUT2D eigenvalue weighted by Gasteiger charge is 2.17. The minimum absolute atomic E-state index is 0.157. The zero-order valence-corrected chi connectivity index (χ0v) is 12.2. The maximum Gasteiger partial charge on any atom is 0.238 e. The lowest BCUT2D eigenvalue weighted by molar-refractivity contribution is 0.192. The Bertz CT molecular complexity index is 496. The lowest BCUT2D eigenvalue weighted by Gasteiger charge is -2.17. The van der Waals surface area contributed by atoms with Crippen LogP contribution in [0.25, 0.3) is 0 Å². The molecular weight excluding hydrogens is 250 g/mol. The molecule has 0 saturated carbocycles. The summed E-state index contributed by atoms with van der Waals surface area (Å²) >= 11 is 0. The Labute approximate surface area is 109 Å². The van der Waals surface area contributed by atoms with Gasteiger partial charge in [-0.15, -0.1) is 0 Å². The van der Waals surface area contributed by atoms with Crippen LogP contribution in [-0.2, 0) is 10.0 Å². The minimum Gasteiger partial charge on any atom is -0.490 e. The van der Waals surface area contributed by atoms with Crippen molar-refractivity contribution in [2.24, 2.45) is 5.14 Å². The fourth-order valence-electron chi connectivity index (χ4n) is 2.08. The molecule has 18 heavy (non-hydrogen) atoms. The molecule has 1 rings (SSSR count). The predicted octanol–water partition coefficient (Wildman–Crippen LogP) is 2.52. The molecule has 0 bridgehead atoms. The van der Waals surface area contributed by atoms with E-state index in [-0.39, 0.29) is 11.0 Å². The molecular formula is C13H21NO3S. The summed E-state index contributed by atoms with van der Waals surface area (Å²) in [5.74, 6) is 0.700. The monoisotopic (exact) mass is 271 g/mol. The van der Waals surface area contributed by atoms with Crippen LogP contribution >= 0.6 is 0 Å². The Morgan fingerprint density at radius 3 is 1.94 bits per heavy atom. The topological polar surface area (TPSA) is 69.4 Å². The van der Waals surface area contributed by atoms with Gasteiger partial charge >= 0.3 is 0 Å². The van der Waals surface area contributed by atoms with Crippen molar-refractivity contribution in [2.45, 2.75) is 51.5 Å². The summed E-state index contributed by atoms with van der Waals surface area (Å²) in [5.41, 5.74) is 1.25. The van der Waals surface area contributed by atoms with Gasteiger partial charge in [-0.25, -0.2) is 13.6 Å². The summed E-state index contributed by atoms with van der Waals surface area (Å²) in [5, 5.41) is 5.19. The van der Waals surface area contributed by atoms with E-state index < -0.39 is 10.0 Å². The van der Waals surface area contributed by atoms with E-state index in [1.807, 2.05) is 0 Å². The summed E-state index contributed by atoms with van der Waals surface area (Å²) in [6.07, 6.45) is 2.00. The van der Waals surface area contributed by atoms with Crippen LogP contribution in [0.1, 0.15) is 37.8 Å². The van der Waals surface area contributed by atoms with E-state index in [4.69, 9.17) is 9.88 Å². The lowest BCUT2D eigenvalue weighted by Crippen LogP contribution is -2.17. The summed E-state index contributed by atoms with van der Waals surface area (Å²) in [4.78, 5) is 0.194. The van der Waals surface area contributed by atoms with E-state index in [0.29, 0.717) is 16.9 Å². The molecule has 0 radical (unpaired) electrons. The average molecular weight is 271 g/mol. The Morgan fingerprint density at radius 1 is 1.17 bits per heavy atom. The predicted molar refractivity (Wildman–Crippen MR) is 72.3 cm³/mol. The molecule has 0 spiro atoms. The highest BCUT2D eigenvalue weighted by molar-refractivity contribution is 7.89. The van der Waals surface area contributed by atoms with Gasteiger partial charge in [0.2, 0.25) is 10.0 Å². The molecule has 0 amide bonds. The van der Waals surface area contributed by atoms with Gasteiger partial charge in [0, 0.05) is 0 Å². The number of sulfonamides is 1. The number of ether oxygens (including phenoxy) is 1. The SMILES string of the molecule is CCC(CC)Oc1cc(C)c(S(N)(=O)=O)c(C)c1. The first-order valence-corrected chi connectivity index (χ1v) is 7.64. The molecule has 1 aromatic rings. The Kier molecular flexibility index (Phi) is 4.76.